The van der Waals surface area contributed by atoms with E-state index in [0.717, 1.165) is 23.9 Å². The van der Waals surface area contributed by atoms with Gasteiger partial charge in [0.05, 0.1) is 29.4 Å². The van der Waals surface area contributed by atoms with Gasteiger partial charge in [-0.25, -0.2) is 17.6 Å². The van der Waals surface area contributed by atoms with Gasteiger partial charge in [-0.2, -0.15) is 4.31 Å². The van der Waals surface area contributed by atoms with E-state index in [1.54, 1.807) is 30.5 Å². The lowest BCUT2D eigenvalue weighted by atomic mass is 10.2. The van der Waals surface area contributed by atoms with Crippen LogP contribution in [0, 0.1) is 5.82 Å². The van der Waals surface area contributed by atoms with Crippen LogP contribution in [0.25, 0.3) is 0 Å². The summed E-state index contributed by atoms with van der Waals surface area (Å²) >= 11 is 0. The Morgan fingerprint density at radius 3 is 2.50 bits per heavy atom. The predicted molar refractivity (Wildman–Crippen MR) is 120 cm³/mol. The summed E-state index contributed by atoms with van der Waals surface area (Å²) in [6.45, 7) is 1.16. The molecule has 2 aromatic carbocycles. The summed E-state index contributed by atoms with van der Waals surface area (Å²) in [4.78, 5) is 16.5. The lowest BCUT2D eigenvalue weighted by Gasteiger charge is -2.26. The summed E-state index contributed by atoms with van der Waals surface area (Å²) < 4.78 is 57.2. The second-order valence-corrected chi connectivity index (χ2v) is 9.43. The number of nitrogens with zero attached hydrogens (tertiary/aromatic N) is 2. The number of halogens is 1. The van der Waals surface area contributed by atoms with E-state index in [2.05, 4.69) is 4.98 Å². The van der Waals surface area contributed by atoms with E-state index in [1.165, 1.54) is 4.31 Å². The third-order valence-corrected chi connectivity index (χ3v) is 7.07. The van der Waals surface area contributed by atoms with E-state index < -0.39 is 27.4 Å². The van der Waals surface area contributed by atoms with Gasteiger partial charge < -0.3 is 14.2 Å². The van der Waals surface area contributed by atoms with Crippen molar-refractivity contribution in [3.8, 4) is 5.75 Å². The SMILES string of the molecule is O=C(OCc1ccc(OCc2ccccn2)cc1)c1cc(S(=O)(=O)N2CCOCC2)ccc1F. The lowest BCUT2D eigenvalue weighted by Crippen LogP contribution is -2.40. The minimum atomic E-state index is -3.87. The number of carbonyl (C=O) groups excluding carboxylic acids is 1. The number of hydrogen-bond acceptors (Lipinski definition) is 7. The predicted octanol–water partition coefficient (Wildman–Crippen LogP) is 3.18. The zero-order valence-electron chi connectivity index (χ0n) is 18.2. The first-order chi connectivity index (χ1) is 16.4. The van der Waals surface area contributed by atoms with Crippen LogP contribution in [0.2, 0.25) is 0 Å². The number of carbonyl (C=O) groups is 1. The minimum absolute atomic E-state index is 0.112. The standard InChI is InChI=1S/C24H23FN2O6S/c25-23-9-8-21(34(29,30)27-11-13-31-14-12-27)15-22(23)24(28)33-16-18-4-6-20(7-5-18)32-17-19-3-1-2-10-26-19/h1-10,15H,11-14,16-17H2. The van der Waals surface area contributed by atoms with Gasteiger partial charge in [0.2, 0.25) is 10.0 Å². The van der Waals surface area contributed by atoms with E-state index in [9.17, 15) is 17.6 Å². The molecule has 4 rings (SSSR count). The highest BCUT2D eigenvalue weighted by atomic mass is 32.2. The molecule has 3 aromatic rings. The number of hydrogen-bond donors (Lipinski definition) is 0. The molecule has 0 N–H and O–H groups in total. The fraction of sp³-hybridized carbons (Fsp3) is 0.250. The molecule has 2 heterocycles. The molecular formula is C24H23FN2O6S. The number of pyridine rings is 1. The van der Waals surface area contributed by atoms with Crippen molar-refractivity contribution in [3.63, 3.8) is 0 Å². The minimum Gasteiger partial charge on any atom is -0.487 e. The van der Waals surface area contributed by atoms with Gasteiger partial charge in [0.1, 0.15) is 24.8 Å². The van der Waals surface area contributed by atoms with E-state index in [-0.39, 0.29) is 37.8 Å². The van der Waals surface area contributed by atoms with Gasteiger partial charge in [0.15, 0.2) is 0 Å². The maximum Gasteiger partial charge on any atom is 0.341 e. The molecule has 0 radical (unpaired) electrons. The molecule has 0 bridgehead atoms. The van der Waals surface area contributed by atoms with E-state index in [1.807, 2.05) is 18.2 Å². The smallest absolute Gasteiger partial charge is 0.341 e. The molecule has 0 amide bonds. The third kappa shape index (κ3) is 5.77. The molecule has 178 valence electrons. The van der Waals surface area contributed by atoms with Crippen LogP contribution in [-0.4, -0.2) is 50.0 Å². The van der Waals surface area contributed by atoms with Crippen LogP contribution in [0.4, 0.5) is 4.39 Å². The van der Waals surface area contributed by atoms with Gasteiger partial charge in [-0.05, 0) is 48.0 Å². The topological polar surface area (TPSA) is 95.0 Å². The molecule has 10 heteroatoms. The second kappa shape index (κ2) is 10.7. The van der Waals surface area contributed by atoms with Crippen molar-refractivity contribution in [3.05, 3.63) is 89.5 Å². The zero-order valence-corrected chi connectivity index (χ0v) is 19.0. The van der Waals surface area contributed by atoms with Gasteiger partial charge in [0.25, 0.3) is 0 Å². The average molecular weight is 487 g/mol. The van der Waals surface area contributed by atoms with Gasteiger partial charge in [-0.3, -0.25) is 4.98 Å². The quantitative estimate of drug-likeness (QED) is 0.452. The Balaban J connectivity index is 1.37. The summed E-state index contributed by atoms with van der Waals surface area (Å²) in [6, 6.07) is 15.5. The van der Waals surface area contributed by atoms with Crippen molar-refractivity contribution in [1.29, 1.82) is 0 Å². The van der Waals surface area contributed by atoms with Crippen LogP contribution in [0.15, 0.2) is 71.8 Å². The van der Waals surface area contributed by atoms with Gasteiger partial charge in [-0.1, -0.05) is 18.2 Å². The van der Waals surface area contributed by atoms with Crippen molar-refractivity contribution in [2.75, 3.05) is 26.3 Å². The summed E-state index contributed by atoms with van der Waals surface area (Å²) in [7, 11) is -3.87. The van der Waals surface area contributed by atoms with Crippen LogP contribution in [0.3, 0.4) is 0 Å². The molecule has 0 atom stereocenters. The van der Waals surface area contributed by atoms with Crippen LogP contribution in [-0.2, 0) is 32.7 Å². The fourth-order valence-corrected chi connectivity index (χ4v) is 4.74. The molecule has 0 aliphatic carbocycles. The summed E-state index contributed by atoms with van der Waals surface area (Å²) in [5, 5.41) is 0. The second-order valence-electron chi connectivity index (χ2n) is 7.49. The molecule has 1 saturated heterocycles. The summed E-state index contributed by atoms with van der Waals surface area (Å²) in [6.07, 6.45) is 1.69. The number of aromatic nitrogens is 1. The highest BCUT2D eigenvalue weighted by Gasteiger charge is 2.28. The fourth-order valence-electron chi connectivity index (χ4n) is 3.31. The Morgan fingerprint density at radius 2 is 1.79 bits per heavy atom. The van der Waals surface area contributed by atoms with E-state index >= 15 is 0 Å². The summed E-state index contributed by atoms with van der Waals surface area (Å²) in [5.74, 6) is -1.19. The number of sulfonamides is 1. The first-order valence-electron chi connectivity index (χ1n) is 10.6. The van der Waals surface area contributed by atoms with Gasteiger partial charge in [0, 0.05) is 19.3 Å². The van der Waals surface area contributed by atoms with Crippen molar-refractivity contribution < 1.29 is 31.8 Å². The number of benzene rings is 2. The Hall–Kier alpha value is -3.34. The largest absolute Gasteiger partial charge is 0.487 e. The first-order valence-corrected chi connectivity index (χ1v) is 12.0. The van der Waals surface area contributed by atoms with E-state index in [4.69, 9.17) is 14.2 Å². The zero-order chi connectivity index (χ0) is 24.0. The third-order valence-electron chi connectivity index (χ3n) is 5.17. The average Bonchev–Trinajstić information content (AvgIpc) is 2.88. The number of esters is 1. The number of rotatable bonds is 8. The molecule has 0 spiro atoms. The number of ether oxygens (including phenoxy) is 3. The van der Waals surface area contributed by atoms with Gasteiger partial charge >= 0.3 is 5.97 Å². The normalized spacial score (nSPS) is 14.5. The van der Waals surface area contributed by atoms with Gasteiger partial charge in [-0.15, -0.1) is 0 Å². The molecule has 1 aliphatic heterocycles. The molecule has 1 aliphatic rings. The molecule has 8 nitrogen and oxygen atoms in total. The monoisotopic (exact) mass is 486 g/mol. The van der Waals surface area contributed by atoms with Crippen molar-refractivity contribution in [1.82, 2.24) is 9.29 Å². The Labute approximate surface area is 197 Å². The highest BCUT2D eigenvalue weighted by molar-refractivity contribution is 7.89. The molecule has 0 unspecified atom stereocenters. The lowest BCUT2D eigenvalue weighted by molar-refractivity contribution is 0.0467. The van der Waals surface area contributed by atoms with Crippen LogP contribution in [0.5, 0.6) is 5.75 Å². The van der Waals surface area contributed by atoms with Crippen LogP contribution < -0.4 is 4.74 Å². The Morgan fingerprint density at radius 1 is 1.03 bits per heavy atom. The number of morpholine rings is 1. The van der Waals surface area contributed by atoms with Crippen molar-refractivity contribution in [2.45, 2.75) is 18.1 Å². The van der Waals surface area contributed by atoms with Crippen molar-refractivity contribution in [2.24, 2.45) is 0 Å². The van der Waals surface area contributed by atoms with Crippen LogP contribution in [0.1, 0.15) is 21.6 Å². The molecule has 1 fully saturated rings. The van der Waals surface area contributed by atoms with E-state index in [0.29, 0.717) is 17.9 Å². The Kier molecular flexibility index (Phi) is 7.51. The maximum absolute atomic E-state index is 14.3. The summed E-state index contributed by atoms with van der Waals surface area (Å²) in [5.41, 5.74) is 1.01. The molecule has 1 aromatic heterocycles. The van der Waals surface area contributed by atoms with Crippen molar-refractivity contribution >= 4 is 16.0 Å². The van der Waals surface area contributed by atoms with Crippen LogP contribution >= 0.6 is 0 Å². The maximum atomic E-state index is 14.3. The Bertz CT molecular complexity index is 1230. The highest BCUT2D eigenvalue weighted by Crippen LogP contribution is 2.21. The molecule has 0 saturated carbocycles. The molecule has 34 heavy (non-hydrogen) atoms. The first kappa shape index (κ1) is 23.8. The molecular weight excluding hydrogens is 463 g/mol.